The number of halogens is 1. The molecule has 5 heteroatoms. The molecule has 124 valence electrons. The van der Waals surface area contributed by atoms with E-state index in [2.05, 4.69) is 26.1 Å². The van der Waals surface area contributed by atoms with Crippen LogP contribution in [0.25, 0.3) is 11.0 Å². The Morgan fingerprint density at radius 2 is 1.96 bits per heavy atom. The minimum atomic E-state index is -0.179. The molecule has 24 heavy (non-hydrogen) atoms. The Labute approximate surface area is 149 Å². The highest BCUT2D eigenvalue weighted by atomic mass is 79.9. The van der Waals surface area contributed by atoms with Crippen LogP contribution in [-0.2, 0) is 0 Å². The van der Waals surface area contributed by atoms with E-state index in [0.29, 0.717) is 12.3 Å². The minimum absolute atomic E-state index is 0.179. The molecule has 0 saturated carbocycles. The maximum absolute atomic E-state index is 12.4. The van der Waals surface area contributed by atoms with Gasteiger partial charge in [-0.3, -0.25) is 4.79 Å². The largest absolute Gasteiger partial charge is 0.451 e. The van der Waals surface area contributed by atoms with Crippen LogP contribution in [0.3, 0.4) is 0 Å². The monoisotopic (exact) mass is 386 g/mol. The number of hydrogen-bond donors (Lipinski definition) is 1. The molecule has 0 atom stereocenters. The summed E-state index contributed by atoms with van der Waals surface area (Å²) in [5.74, 6) is 0.201. The van der Waals surface area contributed by atoms with Gasteiger partial charge in [0.1, 0.15) is 5.58 Å². The van der Waals surface area contributed by atoms with Crippen LogP contribution < -0.4 is 10.2 Å². The number of para-hydroxylation sites is 1. The number of hydrogen-bond acceptors (Lipinski definition) is 3. The molecule has 0 radical (unpaired) electrons. The predicted octanol–water partition coefficient (Wildman–Crippen LogP) is 4.37. The van der Waals surface area contributed by atoms with E-state index >= 15 is 0 Å². The Morgan fingerprint density at radius 1 is 1.21 bits per heavy atom. The Balaban J connectivity index is 1.64. The summed E-state index contributed by atoms with van der Waals surface area (Å²) in [6.07, 6.45) is 0. The average molecular weight is 387 g/mol. The number of anilines is 1. The predicted molar refractivity (Wildman–Crippen MR) is 101 cm³/mol. The zero-order valence-corrected chi connectivity index (χ0v) is 15.3. The zero-order chi connectivity index (χ0) is 17.1. The fourth-order valence-electron chi connectivity index (χ4n) is 2.64. The molecule has 1 N–H and O–H groups in total. The van der Waals surface area contributed by atoms with Crippen LogP contribution >= 0.6 is 15.9 Å². The van der Waals surface area contributed by atoms with Gasteiger partial charge in [0.05, 0.1) is 0 Å². The van der Waals surface area contributed by atoms with Crippen molar-refractivity contribution in [2.45, 2.75) is 6.92 Å². The molecular formula is C19H19BrN2O2. The number of amides is 1. The third-order valence-corrected chi connectivity index (χ3v) is 4.53. The van der Waals surface area contributed by atoms with Crippen molar-refractivity contribution in [2.24, 2.45) is 0 Å². The Morgan fingerprint density at radius 3 is 2.71 bits per heavy atom. The molecule has 1 heterocycles. The van der Waals surface area contributed by atoms with Gasteiger partial charge >= 0.3 is 0 Å². The molecule has 1 aromatic heterocycles. The van der Waals surface area contributed by atoms with Crippen molar-refractivity contribution in [3.8, 4) is 0 Å². The fourth-order valence-corrected chi connectivity index (χ4v) is 3.00. The number of fused-ring (bicyclic) bond motifs is 1. The van der Waals surface area contributed by atoms with Crippen molar-refractivity contribution in [1.29, 1.82) is 0 Å². The highest BCUT2D eigenvalue weighted by Gasteiger charge is 2.17. The van der Waals surface area contributed by atoms with Gasteiger partial charge in [0.2, 0.25) is 0 Å². The lowest BCUT2D eigenvalue weighted by Gasteiger charge is -2.19. The standard InChI is InChI=1S/C19H19BrN2O2/c1-13-16-12-14(20)8-9-17(16)24-18(13)19(23)21-10-11-22(2)15-6-4-3-5-7-15/h3-9,12H,10-11H2,1-2H3,(H,21,23). The van der Waals surface area contributed by atoms with Crippen LogP contribution in [0, 0.1) is 6.92 Å². The van der Waals surface area contributed by atoms with E-state index in [-0.39, 0.29) is 5.91 Å². The lowest BCUT2D eigenvalue weighted by atomic mass is 10.1. The van der Waals surface area contributed by atoms with Crippen LogP contribution in [0.15, 0.2) is 57.4 Å². The van der Waals surface area contributed by atoms with Gasteiger partial charge < -0.3 is 14.6 Å². The van der Waals surface area contributed by atoms with E-state index < -0.39 is 0 Å². The normalized spacial score (nSPS) is 10.8. The molecule has 0 bridgehead atoms. The summed E-state index contributed by atoms with van der Waals surface area (Å²) >= 11 is 3.45. The first-order valence-electron chi connectivity index (χ1n) is 7.79. The number of carbonyl (C=O) groups is 1. The number of nitrogens with one attached hydrogen (secondary N) is 1. The number of aryl methyl sites for hydroxylation is 1. The summed E-state index contributed by atoms with van der Waals surface area (Å²) < 4.78 is 6.68. The fraction of sp³-hybridized carbons (Fsp3) is 0.211. The molecule has 0 unspecified atom stereocenters. The molecule has 0 spiro atoms. The van der Waals surface area contributed by atoms with Gasteiger partial charge in [0.15, 0.2) is 5.76 Å². The van der Waals surface area contributed by atoms with Gasteiger partial charge in [-0.15, -0.1) is 0 Å². The van der Waals surface area contributed by atoms with Crippen LogP contribution in [0.2, 0.25) is 0 Å². The number of nitrogens with zero attached hydrogens (tertiary/aromatic N) is 1. The Kier molecular flexibility index (Phi) is 4.90. The van der Waals surface area contributed by atoms with Gasteiger partial charge in [-0.05, 0) is 37.3 Å². The average Bonchev–Trinajstić information content (AvgIpc) is 2.92. The first-order chi connectivity index (χ1) is 11.6. The van der Waals surface area contributed by atoms with E-state index in [9.17, 15) is 4.79 Å². The summed E-state index contributed by atoms with van der Waals surface area (Å²) in [5.41, 5.74) is 2.71. The molecule has 0 aliphatic carbocycles. The van der Waals surface area contributed by atoms with Crippen LogP contribution in [0.5, 0.6) is 0 Å². The van der Waals surface area contributed by atoms with Gasteiger partial charge in [-0.2, -0.15) is 0 Å². The lowest BCUT2D eigenvalue weighted by Crippen LogP contribution is -2.33. The zero-order valence-electron chi connectivity index (χ0n) is 13.7. The van der Waals surface area contributed by atoms with Crippen LogP contribution in [0.1, 0.15) is 16.1 Å². The van der Waals surface area contributed by atoms with Crippen molar-refractivity contribution in [1.82, 2.24) is 5.32 Å². The maximum Gasteiger partial charge on any atom is 0.287 e. The minimum Gasteiger partial charge on any atom is -0.451 e. The molecule has 0 saturated heterocycles. The summed E-state index contributed by atoms with van der Waals surface area (Å²) in [7, 11) is 2.01. The SMILES string of the molecule is Cc1c(C(=O)NCCN(C)c2ccccc2)oc2ccc(Br)cc12. The van der Waals surface area contributed by atoms with Crippen molar-refractivity contribution in [3.63, 3.8) is 0 Å². The topological polar surface area (TPSA) is 45.5 Å². The van der Waals surface area contributed by atoms with E-state index in [4.69, 9.17) is 4.42 Å². The van der Waals surface area contributed by atoms with Gasteiger partial charge in [0.25, 0.3) is 5.91 Å². The highest BCUT2D eigenvalue weighted by Crippen LogP contribution is 2.27. The Hall–Kier alpha value is -2.27. The van der Waals surface area contributed by atoms with Crippen molar-refractivity contribution in [2.75, 3.05) is 25.0 Å². The quantitative estimate of drug-likeness (QED) is 0.707. The second kappa shape index (κ2) is 7.09. The Bertz CT molecular complexity index is 858. The van der Waals surface area contributed by atoms with E-state index in [0.717, 1.165) is 33.2 Å². The highest BCUT2D eigenvalue weighted by molar-refractivity contribution is 9.10. The van der Waals surface area contributed by atoms with Crippen LogP contribution in [-0.4, -0.2) is 26.0 Å². The molecule has 1 amide bonds. The number of furan rings is 1. The third kappa shape index (κ3) is 3.46. The number of carbonyl (C=O) groups excluding carboxylic acids is 1. The molecule has 3 rings (SSSR count). The second-order valence-corrected chi connectivity index (χ2v) is 6.63. The van der Waals surface area contributed by atoms with Gasteiger partial charge in [0, 0.05) is 41.2 Å². The third-order valence-electron chi connectivity index (χ3n) is 4.03. The second-order valence-electron chi connectivity index (χ2n) is 5.71. The summed E-state index contributed by atoms with van der Waals surface area (Å²) in [5, 5.41) is 3.88. The van der Waals surface area contributed by atoms with Crippen molar-refractivity contribution < 1.29 is 9.21 Å². The first kappa shape index (κ1) is 16.6. The van der Waals surface area contributed by atoms with Gasteiger partial charge in [-0.1, -0.05) is 34.1 Å². The maximum atomic E-state index is 12.4. The number of likely N-dealkylation sites (N-methyl/N-ethyl adjacent to an activating group) is 1. The molecular weight excluding hydrogens is 368 g/mol. The summed E-state index contributed by atoms with van der Waals surface area (Å²) in [6.45, 7) is 3.17. The molecule has 3 aromatic rings. The summed E-state index contributed by atoms with van der Waals surface area (Å²) in [4.78, 5) is 14.5. The summed E-state index contributed by atoms with van der Waals surface area (Å²) in [6, 6.07) is 15.8. The van der Waals surface area contributed by atoms with E-state index in [1.807, 2.05) is 62.5 Å². The first-order valence-corrected chi connectivity index (χ1v) is 8.58. The molecule has 4 nitrogen and oxygen atoms in total. The molecule has 0 fully saturated rings. The van der Waals surface area contributed by atoms with E-state index in [1.165, 1.54) is 0 Å². The van der Waals surface area contributed by atoms with E-state index in [1.54, 1.807) is 0 Å². The van der Waals surface area contributed by atoms with Crippen LogP contribution in [0.4, 0.5) is 5.69 Å². The number of rotatable bonds is 5. The molecule has 0 aliphatic rings. The van der Waals surface area contributed by atoms with Crippen molar-refractivity contribution in [3.05, 3.63) is 64.3 Å². The molecule has 0 aliphatic heterocycles. The van der Waals surface area contributed by atoms with Gasteiger partial charge in [-0.25, -0.2) is 0 Å². The number of benzene rings is 2. The van der Waals surface area contributed by atoms with Crippen molar-refractivity contribution >= 4 is 38.5 Å². The lowest BCUT2D eigenvalue weighted by molar-refractivity contribution is 0.0928. The smallest absolute Gasteiger partial charge is 0.287 e. The molecule has 2 aromatic carbocycles.